The molecule has 0 unspecified atom stereocenters. The van der Waals surface area contributed by atoms with Gasteiger partial charge in [-0.15, -0.1) is 0 Å². The number of fused-ring (bicyclic) bond motifs is 2. The maximum Gasteiger partial charge on any atom is 0.490 e. The Kier molecular flexibility index (Phi) is 6.99. The number of aliphatic carboxylic acids is 1. The van der Waals surface area contributed by atoms with Crippen LogP contribution >= 0.6 is 11.3 Å². The molecule has 1 aliphatic rings. The van der Waals surface area contributed by atoms with E-state index in [0.29, 0.717) is 49.8 Å². The first-order valence-corrected chi connectivity index (χ1v) is 11.5. The van der Waals surface area contributed by atoms with Crippen molar-refractivity contribution in [2.24, 2.45) is 5.92 Å². The van der Waals surface area contributed by atoms with E-state index in [1.165, 1.54) is 11.3 Å². The van der Waals surface area contributed by atoms with Gasteiger partial charge in [-0.05, 0) is 38.0 Å². The topological polar surface area (TPSA) is 130 Å². The molecule has 196 valence electrons. The molecule has 15 heteroatoms. The summed E-state index contributed by atoms with van der Waals surface area (Å²) in [6.45, 7) is 3.79. The van der Waals surface area contributed by atoms with Gasteiger partial charge in [-0.25, -0.2) is 23.5 Å². The van der Waals surface area contributed by atoms with Crippen molar-refractivity contribution < 1.29 is 41.4 Å². The lowest BCUT2D eigenvalue weighted by Crippen LogP contribution is -2.21. The van der Waals surface area contributed by atoms with Crippen molar-refractivity contribution in [3.8, 4) is 17.0 Å². The molecule has 0 aliphatic heterocycles. The average Bonchev–Trinajstić information content (AvgIpc) is 3.19. The zero-order chi connectivity index (χ0) is 27.1. The number of anilines is 1. The number of carboxylic acid groups (broad SMARTS) is 1. The molecule has 0 radical (unpaired) electrons. The first-order valence-electron chi connectivity index (χ1n) is 10.7. The van der Waals surface area contributed by atoms with Gasteiger partial charge in [0.1, 0.15) is 22.0 Å². The Hall–Kier alpha value is -3.88. The van der Waals surface area contributed by atoms with E-state index in [0.717, 1.165) is 0 Å². The van der Waals surface area contributed by atoms with Crippen molar-refractivity contribution >= 4 is 49.6 Å². The van der Waals surface area contributed by atoms with Gasteiger partial charge in [-0.3, -0.25) is 9.89 Å². The van der Waals surface area contributed by atoms with Gasteiger partial charge >= 0.3 is 12.1 Å². The summed E-state index contributed by atoms with van der Waals surface area (Å²) in [5, 5.41) is 17.7. The second-order valence-corrected chi connectivity index (χ2v) is 8.90. The fraction of sp³-hybridized carbons (Fsp3) is 0.318. The van der Waals surface area contributed by atoms with E-state index in [-0.39, 0.29) is 18.1 Å². The zero-order valence-corrected chi connectivity index (χ0v) is 19.9. The molecule has 5 rings (SSSR count). The van der Waals surface area contributed by atoms with Gasteiger partial charge in [-0.1, -0.05) is 11.3 Å². The zero-order valence-electron chi connectivity index (χ0n) is 19.1. The number of ether oxygens (including phenoxy) is 1. The number of carbonyl (C=O) groups excluding carboxylic acids is 1. The molecule has 2 atom stereocenters. The summed E-state index contributed by atoms with van der Waals surface area (Å²) in [5.41, 5.74) is 2.64. The quantitative estimate of drug-likeness (QED) is 0.302. The molecule has 0 saturated heterocycles. The van der Waals surface area contributed by atoms with Crippen molar-refractivity contribution in [2.75, 3.05) is 11.9 Å². The van der Waals surface area contributed by atoms with Gasteiger partial charge in [0.25, 0.3) is 0 Å². The molecule has 1 aromatic carbocycles. The highest BCUT2D eigenvalue weighted by Gasteiger charge is 2.44. The second-order valence-electron chi connectivity index (χ2n) is 7.92. The Morgan fingerprint density at radius 2 is 1.97 bits per heavy atom. The molecule has 0 spiro atoms. The first kappa shape index (κ1) is 26.2. The fourth-order valence-electron chi connectivity index (χ4n) is 3.49. The highest BCUT2D eigenvalue weighted by atomic mass is 32.1. The smallest absolute Gasteiger partial charge is 0.489 e. The van der Waals surface area contributed by atoms with Gasteiger partial charge in [0.2, 0.25) is 5.91 Å². The lowest BCUT2D eigenvalue weighted by Gasteiger charge is -2.13. The number of halogens is 5. The van der Waals surface area contributed by atoms with Crippen LogP contribution in [0.25, 0.3) is 32.5 Å². The van der Waals surface area contributed by atoms with Crippen LogP contribution in [0.1, 0.15) is 18.9 Å². The number of carbonyl (C=O) groups is 2. The van der Waals surface area contributed by atoms with Crippen LogP contribution in [0.5, 0.6) is 5.75 Å². The molecular formula is C22H18F5N5O4S. The standard InChI is InChI=1S/C20H17F2N5O2S.C2HF3O2/c1-3-29-17-15(22)8(2)14(10-7-23-27-16(10)17)12-4-5-13-19(24-12)30-20(25-13)26-18(28)9-6-11(9)21;3-2(4,5)1(6)7/h4-5,7,9,11H,3,6H2,1-2H3,(H,23,27)(H,25,26,28);(H,6,7)/t9-,11+;/m1./s1. The van der Waals surface area contributed by atoms with Crippen LogP contribution in [0.4, 0.5) is 27.1 Å². The van der Waals surface area contributed by atoms with Crippen molar-refractivity contribution in [1.29, 1.82) is 0 Å². The van der Waals surface area contributed by atoms with Gasteiger partial charge in [-0.2, -0.15) is 18.3 Å². The number of pyridine rings is 1. The summed E-state index contributed by atoms with van der Waals surface area (Å²) < 4.78 is 65.3. The van der Waals surface area contributed by atoms with Gasteiger partial charge in [0.05, 0.1) is 24.4 Å². The number of hydrogen-bond acceptors (Lipinski definition) is 7. The summed E-state index contributed by atoms with van der Waals surface area (Å²) in [5.74, 6) is -4.04. The van der Waals surface area contributed by atoms with Crippen LogP contribution in [0.3, 0.4) is 0 Å². The largest absolute Gasteiger partial charge is 0.490 e. The molecule has 37 heavy (non-hydrogen) atoms. The predicted octanol–water partition coefficient (Wildman–Crippen LogP) is 5.01. The van der Waals surface area contributed by atoms with Crippen LogP contribution in [0.15, 0.2) is 18.3 Å². The number of aromatic nitrogens is 4. The van der Waals surface area contributed by atoms with Crippen molar-refractivity contribution in [1.82, 2.24) is 20.2 Å². The summed E-state index contributed by atoms with van der Waals surface area (Å²) in [6, 6.07) is 3.51. The number of hydrogen-bond donors (Lipinski definition) is 3. The second kappa shape index (κ2) is 9.88. The molecule has 4 aromatic rings. The van der Waals surface area contributed by atoms with Crippen LogP contribution < -0.4 is 10.1 Å². The monoisotopic (exact) mass is 543 g/mol. The minimum Gasteiger partial charge on any atom is -0.489 e. The molecular weight excluding hydrogens is 525 g/mol. The lowest BCUT2D eigenvalue weighted by atomic mass is 9.99. The van der Waals surface area contributed by atoms with E-state index in [2.05, 4.69) is 25.5 Å². The Morgan fingerprint density at radius 1 is 1.30 bits per heavy atom. The Labute approximate surface area is 208 Å². The van der Waals surface area contributed by atoms with Crippen LogP contribution in [-0.2, 0) is 9.59 Å². The normalized spacial score (nSPS) is 16.8. The minimum atomic E-state index is -5.08. The Balaban J connectivity index is 0.000000405. The third kappa shape index (κ3) is 5.30. The van der Waals surface area contributed by atoms with E-state index >= 15 is 4.39 Å². The number of rotatable bonds is 5. The summed E-state index contributed by atoms with van der Waals surface area (Å²) in [7, 11) is 0. The maximum absolute atomic E-state index is 15.0. The van der Waals surface area contributed by atoms with Gasteiger partial charge in [0, 0.05) is 10.9 Å². The Bertz CT molecular complexity index is 1500. The van der Waals surface area contributed by atoms with E-state index in [1.54, 1.807) is 32.2 Å². The third-order valence-corrected chi connectivity index (χ3v) is 6.24. The average molecular weight is 543 g/mol. The third-order valence-electron chi connectivity index (χ3n) is 5.36. The van der Waals surface area contributed by atoms with Crippen molar-refractivity contribution in [3.63, 3.8) is 0 Å². The number of aromatic amines is 1. The van der Waals surface area contributed by atoms with E-state index < -0.39 is 30.1 Å². The molecule has 3 heterocycles. The summed E-state index contributed by atoms with van der Waals surface area (Å²) in [4.78, 5) is 30.4. The molecule has 0 bridgehead atoms. The summed E-state index contributed by atoms with van der Waals surface area (Å²) in [6.07, 6.45) is -4.28. The number of carboxylic acids is 1. The number of H-pyrrole nitrogens is 1. The van der Waals surface area contributed by atoms with E-state index in [9.17, 15) is 22.4 Å². The molecule has 1 amide bonds. The highest BCUT2D eigenvalue weighted by Crippen LogP contribution is 2.40. The number of nitrogens with one attached hydrogen (secondary N) is 2. The van der Waals surface area contributed by atoms with Crippen molar-refractivity contribution in [3.05, 3.63) is 29.7 Å². The number of nitrogens with zero attached hydrogens (tertiary/aromatic N) is 3. The lowest BCUT2D eigenvalue weighted by molar-refractivity contribution is -0.192. The van der Waals surface area contributed by atoms with E-state index in [4.69, 9.17) is 14.6 Å². The number of amides is 1. The van der Waals surface area contributed by atoms with E-state index in [1.807, 2.05) is 0 Å². The maximum atomic E-state index is 15.0. The van der Waals surface area contributed by atoms with Crippen LogP contribution in [0.2, 0.25) is 0 Å². The number of alkyl halides is 4. The minimum absolute atomic E-state index is 0.140. The highest BCUT2D eigenvalue weighted by molar-refractivity contribution is 7.22. The number of thiazole rings is 1. The van der Waals surface area contributed by atoms with Crippen molar-refractivity contribution in [2.45, 2.75) is 32.6 Å². The Morgan fingerprint density at radius 3 is 2.57 bits per heavy atom. The molecule has 1 fully saturated rings. The van der Waals surface area contributed by atoms with Crippen LogP contribution in [0, 0.1) is 18.7 Å². The van der Waals surface area contributed by atoms with Gasteiger partial charge < -0.3 is 15.2 Å². The van der Waals surface area contributed by atoms with Crippen LogP contribution in [-0.4, -0.2) is 56.1 Å². The fourth-order valence-corrected chi connectivity index (χ4v) is 4.33. The molecule has 3 N–H and O–H groups in total. The number of benzene rings is 1. The van der Waals surface area contributed by atoms with Gasteiger partial charge in [0.15, 0.2) is 16.7 Å². The summed E-state index contributed by atoms with van der Waals surface area (Å²) >= 11 is 1.19. The first-order chi connectivity index (χ1) is 17.4. The predicted molar refractivity (Wildman–Crippen MR) is 124 cm³/mol. The SMILES string of the molecule is CCOc1c(F)c(C)c(-c2ccc3nc(NC(=O)[C@@H]4C[C@@H]4F)sc3n2)c2cn[nH]c12.O=C(O)C(F)(F)F. The molecule has 3 aromatic heterocycles. The molecule has 1 aliphatic carbocycles. The molecule has 1 saturated carbocycles. The molecule has 9 nitrogen and oxygen atoms in total.